The highest BCUT2D eigenvalue weighted by Crippen LogP contribution is 2.45. The number of benzene rings is 1. The molecule has 1 aromatic rings. The minimum Gasteiger partial charge on any atom is -0.463 e. The largest absolute Gasteiger partial charge is 0.463 e. The fourth-order valence-electron chi connectivity index (χ4n) is 3.74. The Morgan fingerprint density at radius 2 is 1.60 bits per heavy atom. The lowest BCUT2D eigenvalue weighted by Gasteiger charge is -2.42. The van der Waals surface area contributed by atoms with Crippen LogP contribution in [0, 0.1) is 22.0 Å². The second kappa shape index (κ2) is 8.91. The molecule has 1 fully saturated rings. The topological polar surface area (TPSA) is 133 Å². The number of rotatable bonds is 6. The van der Waals surface area contributed by atoms with Gasteiger partial charge in [-0.25, -0.2) is 0 Å². The molecule has 0 amide bonds. The zero-order valence-corrected chi connectivity index (χ0v) is 17.7. The highest BCUT2D eigenvalue weighted by atomic mass is 16.6. The SMILES string of the molecule is CC(C)OC(=O)[C@H]1C(=O)[C@](C)(O)C[C@@H](C(=O)OC(C)C)[C@H]1c1ccc([N+](=O)[O-])cc1. The van der Waals surface area contributed by atoms with Crippen LogP contribution in [-0.2, 0) is 23.9 Å². The maximum atomic E-state index is 13.0. The van der Waals surface area contributed by atoms with Crippen molar-refractivity contribution in [2.75, 3.05) is 0 Å². The number of nitro benzene ring substituents is 1. The van der Waals surface area contributed by atoms with Crippen LogP contribution in [0.5, 0.6) is 0 Å². The van der Waals surface area contributed by atoms with E-state index < -0.39 is 58.2 Å². The van der Waals surface area contributed by atoms with Gasteiger partial charge in [-0.15, -0.1) is 0 Å². The molecule has 0 spiro atoms. The lowest BCUT2D eigenvalue weighted by molar-refractivity contribution is -0.384. The summed E-state index contributed by atoms with van der Waals surface area (Å²) < 4.78 is 10.6. The number of esters is 2. The van der Waals surface area contributed by atoms with Crippen molar-refractivity contribution in [2.45, 2.75) is 64.8 Å². The van der Waals surface area contributed by atoms with Crippen LogP contribution in [0.1, 0.15) is 52.5 Å². The van der Waals surface area contributed by atoms with Gasteiger partial charge in [-0.1, -0.05) is 12.1 Å². The molecular formula is C21H27NO8. The van der Waals surface area contributed by atoms with Crippen LogP contribution in [0.25, 0.3) is 0 Å². The van der Waals surface area contributed by atoms with Crippen molar-refractivity contribution in [2.24, 2.45) is 11.8 Å². The summed E-state index contributed by atoms with van der Waals surface area (Å²) in [5.74, 6) is -5.75. The van der Waals surface area contributed by atoms with Crippen LogP contribution < -0.4 is 0 Å². The molecule has 0 bridgehead atoms. The number of Topliss-reactive ketones (excluding diaryl/α,β-unsaturated/α-hetero) is 1. The number of ketones is 1. The van der Waals surface area contributed by atoms with E-state index in [-0.39, 0.29) is 12.1 Å². The first-order chi connectivity index (χ1) is 13.8. The van der Waals surface area contributed by atoms with Gasteiger partial charge in [0.25, 0.3) is 5.69 Å². The molecule has 4 atom stereocenters. The monoisotopic (exact) mass is 421 g/mol. The van der Waals surface area contributed by atoms with Crippen LogP contribution in [0.4, 0.5) is 5.69 Å². The summed E-state index contributed by atoms with van der Waals surface area (Å²) in [7, 11) is 0. The lowest BCUT2D eigenvalue weighted by Crippen LogP contribution is -2.55. The Bertz CT molecular complexity index is 828. The van der Waals surface area contributed by atoms with Crippen molar-refractivity contribution in [3.05, 3.63) is 39.9 Å². The Hall–Kier alpha value is -2.81. The second-order valence-electron chi connectivity index (χ2n) is 8.27. The molecule has 30 heavy (non-hydrogen) atoms. The lowest BCUT2D eigenvalue weighted by atomic mass is 9.63. The Labute approximate surface area is 174 Å². The molecule has 9 nitrogen and oxygen atoms in total. The van der Waals surface area contributed by atoms with E-state index in [9.17, 15) is 29.6 Å². The van der Waals surface area contributed by atoms with Gasteiger partial charge < -0.3 is 14.6 Å². The fraction of sp³-hybridized carbons (Fsp3) is 0.571. The highest BCUT2D eigenvalue weighted by Gasteiger charge is 2.56. The molecule has 0 radical (unpaired) electrons. The summed E-state index contributed by atoms with van der Waals surface area (Å²) in [4.78, 5) is 49.1. The van der Waals surface area contributed by atoms with Gasteiger partial charge >= 0.3 is 11.9 Å². The van der Waals surface area contributed by atoms with Crippen molar-refractivity contribution >= 4 is 23.4 Å². The molecular weight excluding hydrogens is 394 g/mol. The normalized spacial score (nSPS) is 26.5. The summed E-state index contributed by atoms with van der Waals surface area (Å²) in [5.41, 5.74) is -1.73. The molecule has 9 heteroatoms. The van der Waals surface area contributed by atoms with Gasteiger partial charge in [0, 0.05) is 18.1 Å². The van der Waals surface area contributed by atoms with E-state index in [0.717, 1.165) is 0 Å². The zero-order chi connectivity index (χ0) is 22.8. The van der Waals surface area contributed by atoms with E-state index in [4.69, 9.17) is 9.47 Å². The van der Waals surface area contributed by atoms with Gasteiger partial charge in [0.05, 0.1) is 23.0 Å². The summed E-state index contributed by atoms with van der Waals surface area (Å²) in [5, 5.41) is 21.7. The number of nitrogens with zero attached hydrogens (tertiary/aromatic N) is 1. The Morgan fingerprint density at radius 1 is 1.10 bits per heavy atom. The van der Waals surface area contributed by atoms with E-state index in [1.807, 2.05) is 0 Å². The minimum absolute atomic E-state index is 0.171. The van der Waals surface area contributed by atoms with Crippen molar-refractivity contribution in [3.63, 3.8) is 0 Å². The molecule has 0 heterocycles. The first kappa shape index (κ1) is 23.5. The number of non-ortho nitro benzene ring substituents is 1. The van der Waals surface area contributed by atoms with Gasteiger partial charge in [0.1, 0.15) is 11.5 Å². The number of aliphatic hydroxyl groups is 1. The summed E-state index contributed by atoms with van der Waals surface area (Å²) in [6.07, 6.45) is -1.21. The van der Waals surface area contributed by atoms with Gasteiger partial charge in [-0.05, 0) is 46.6 Å². The molecule has 1 N–H and O–H groups in total. The molecule has 1 aromatic carbocycles. The molecule has 1 aliphatic carbocycles. The minimum atomic E-state index is -1.93. The van der Waals surface area contributed by atoms with E-state index >= 15 is 0 Å². The van der Waals surface area contributed by atoms with Crippen LogP contribution in [-0.4, -0.2) is 45.6 Å². The zero-order valence-electron chi connectivity index (χ0n) is 17.7. The maximum Gasteiger partial charge on any atom is 0.317 e. The van der Waals surface area contributed by atoms with Crippen molar-refractivity contribution in [3.8, 4) is 0 Å². The average molecular weight is 421 g/mol. The third-order valence-corrected chi connectivity index (χ3v) is 4.97. The van der Waals surface area contributed by atoms with Crippen molar-refractivity contribution < 1.29 is 33.9 Å². The van der Waals surface area contributed by atoms with Crippen molar-refractivity contribution in [1.29, 1.82) is 0 Å². The molecule has 1 aliphatic rings. The third-order valence-electron chi connectivity index (χ3n) is 4.97. The van der Waals surface area contributed by atoms with E-state index in [0.29, 0.717) is 5.56 Å². The maximum absolute atomic E-state index is 13.0. The van der Waals surface area contributed by atoms with Crippen LogP contribution in [0.15, 0.2) is 24.3 Å². The predicted molar refractivity (Wildman–Crippen MR) is 106 cm³/mol. The first-order valence-electron chi connectivity index (χ1n) is 9.77. The van der Waals surface area contributed by atoms with Crippen molar-refractivity contribution in [1.82, 2.24) is 0 Å². The fourth-order valence-corrected chi connectivity index (χ4v) is 3.74. The quantitative estimate of drug-likeness (QED) is 0.321. The third kappa shape index (κ3) is 5.02. The van der Waals surface area contributed by atoms with Crippen LogP contribution in [0.2, 0.25) is 0 Å². The summed E-state index contributed by atoms with van der Waals surface area (Å²) >= 11 is 0. The number of ether oxygens (including phenoxy) is 2. The molecule has 164 valence electrons. The van der Waals surface area contributed by atoms with Gasteiger partial charge in [-0.2, -0.15) is 0 Å². The molecule has 0 aromatic heterocycles. The first-order valence-corrected chi connectivity index (χ1v) is 9.77. The predicted octanol–water partition coefficient (Wildman–Crippen LogP) is 2.54. The Morgan fingerprint density at radius 3 is 2.07 bits per heavy atom. The van der Waals surface area contributed by atoms with E-state index in [1.165, 1.54) is 31.2 Å². The number of hydrogen-bond acceptors (Lipinski definition) is 8. The molecule has 0 saturated heterocycles. The molecule has 1 saturated carbocycles. The number of hydrogen-bond donors (Lipinski definition) is 1. The Balaban J connectivity index is 2.60. The average Bonchev–Trinajstić information content (AvgIpc) is 2.62. The van der Waals surface area contributed by atoms with Gasteiger partial charge in [0.2, 0.25) is 0 Å². The molecule has 2 rings (SSSR count). The standard InChI is InChI=1S/C21H27NO8/c1-11(2)29-19(24)15-10-21(5,26)18(23)17(20(25)30-12(3)4)16(15)13-6-8-14(9-7-13)22(27)28/h6-9,11-12,15-17,26H,10H2,1-5H3/t15-,16-,17-,21-/m1/s1. The Kier molecular flexibility index (Phi) is 6.97. The molecule has 0 unspecified atom stereocenters. The summed E-state index contributed by atoms with van der Waals surface area (Å²) in [6, 6.07) is 5.29. The summed E-state index contributed by atoms with van der Waals surface area (Å²) in [6.45, 7) is 7.82. The number of carbonyl (C=O) groups excluding carboxylic acids is 3. The van der Waals surface area contributed by atoms with Gasteiger partial charge in [0.15, 0.2) is 5.78 Å². The number of nitro groups is 1. The highest BCUT2D eigenvalue weighted by molar-refractivity contribution is 6.06. The van der Waals surface area contributed by atoms with Crippen LogP contribution >= 0.6 is 0 Å². The van der Waals surface area contributed by atoms with E-state index in [2.05, 4.69) is 0 Å². The van der Waals surface area contributed by atoms with E-state index in [1.54, 1.807) is 27.7 Å². The molecule has 0 aliphatic heterocycles. The number of carbonyl (C=O) groups is 3. The van der Waals surface area contributed by atoms with Crippen LogP contribution in [0.3, 0.4) is 0 Å². The second-order valence-corrected chi connectivity index (χ2v) is 8.27. The smallest absolute Gasteiger partial charge is 0.317 e. The van der Waals surface area contributed by atoms with Gasteiger partial charge in [-0.3, -0.25) is 24.5 Å².